The van der Waals surface area contributed by atoms with Crippen molar-refractivity contribution in [1.29, 1.82) is 0 Å². The first kappa shape index (κ1) is 18.1. The molecule has 5 rings (SSSR count). The fraction of sp³-hybridized carbons (Fsp3) is 0. The van der Waals surface area contributed by atoms with Crippen molar-refractivity contribution >= 4 is 22.6 Å². The summed E-state index contributed by atoms with van der Waals surface area (Å²) in [6.45, 7) is 0. The first-order chi connectivity index (χ1) is 14.7. The lowest BCUT2D eigenvalue weighted by Crippen LogP contribution is -2.10. The monoisotopic (exact) mass is 414 g/mol. The van der Waals surface area contributed by atoms with Gasteiger partial charge in [0.25, 0.3) is 5.56 Å². The summed E-state index contributed by atoms with van der Waals surface area (Å²) in [5.74, 6) is 0.393. The smallest absolute Gasteiger partial charge is 0.304 e. The maximum atomic E-state index is 12.5. The predicted molar refractivity (Wildman–Crippen MR) is 116 cm³/mol. The van der Waals surface area contributed by atoms with E-state index in [0.29, 0.717) is 21.8 Å². The van der Waals surface area contributed by atoms with Gasteiger partial charge in [0.15, 0.2) is 5.65 Å². The SMILES string of the molecule is O=c1[nH]c(Oc2ccc(-c3ccccc3)cc2Cl)nc2c1cnn2-c1ccccc1. The Morgan fingerprint density at radius 2 is 1.63 bits per heavy atom. The van der Waals surface area contributed by atoms with Crippen LogP contribution in [0.15, 0.2) is 89.9 Å². The van der Waals surface area contributed by atoms with Crippen molar-refractivity contribution in [2.24, 2.45) is 0 Å². The van der Waals surface area contributed by atoms with E-state index in [1.807, 2.05) is 72.8 Å². The molecular formula is C23H15ClN4O2. The number of H-pyrrole nitrogens is 1. The number of benzene rings is 3. The second-order valence-corrected chi connectivity index (χ2v) is 7.02. The summed E-state index contributed by atoms with van der Waals surface area (Å²) in [6.07, 6.45) is 1.49. The summed E-state index contributed by atoms with van der Waals surface area (Å²) < 4.78 is 7.40. The Labute approximate surface area is 176 Å². The average molecular weight is 415 g/mol. The van der Waals surface area contributed by atoms with Crippen molar-refractivity contribution < 1.29 is 4.74 Å². The highest BCUT2D eigenvalue weighted by Gasteiger charge is 2.14. The lowest BCUT2D eigenvalue weighted by Gasteiger charge is -2.09. The Hall–Kier alpha value is -3.90. The van der Waals surface area contributed by atoms with Crippen LogP contribution in [0.2, 0.25) is 5.02 Å². The van der Waals surface area contributed by atoms with Crippen molar-refractivity contribution in [3.8, 4) is 28.6 Å². The van der Waals surface area contributed by atoms with Crippen LogP contribution in [0.25, 0.3) is 27.8 Å². The van der Waals surface area contributed by atoms with Gasteiger partial charge in [-0.25, -0.2) is 4.68 Å². The summed E-state index contributed by atoms with van der Waals surface area (Å²) >= 11 is 6.43. The highest BCUT2D eigenvalue weighted by molar-refractivity contribution is 6.32. The molecule has 5 aromatic rings. The number of aromatic nitrogens is 4. The number of halogens is 1. The van der Waals surface area contributed by atoms with Gasteiger partial charge in [-0.2, -0.15) is 10.1 Å². The van der Waals surface area contributed by atoms with Gasteiger partial charge in [-0.1, -0.05) is 66.2 Å². The fourth-order valence-electron chi connectivity index (χ4n) is 3.20. The maximum absolute atomic E-state index is 12.5. The number of ether oxygens (including phenoxy) is 1. The Kier molecular flexibility index (Phi) is 4.53. The minimum atomic E-state index is -0.339. The zero-order valence-corrected chi connectivity index (χ0v) is 16.4. The molecule has 0 aliphatic rings. The van der Waals surface area contributed by atoms with Crippen LogP contribution in [-0.2, 0) is 0 Å². The first-order valence-corrected chi connectivity index (χ1v) is 9.63. The summed E-state index contributed by atoms with van der Waals surface area (Å²) in [7, 11) is 0. The van der Waals surface area contributed by atoms with Gasteiger partial charge in [0.2, 0.25) is 0 Å². The van der Waals surface area contributed by atoms with E-state index in [1.165, 1.54) is 6.20 Å². The zero-order chi connectivity index (χ0) is 20.5. The van der Waals surface area contributed by atoms with Crippen LogP contribution >= 0.6 is 11.6 Å². The molecule has 0 saturated carbocycles. The average Bonchev–Trinajstić information content (AvgIpc) is 3.21. The molecule has 0 spiro atoms. The highest BCUT2D eigenvalue weighted by Crippen LogP contribution is 2.32. The van der Waals surface area contributed by atoms with E-state index in [2.05, 4.69) is 15.1 Å². The molecule has 7 heteroatoms. The van der Waals surface area contributed by atoms with Gasteiger partial charge in [-0.15, -0.1) is 0 Å². The van der Waals surface area contributed by atoms with Crippen LogP contribution in [0.4, 0.5) is 0 Å². The molecule has 2 aromatic heterocycles. The number of para-hydroxylation sites is 1. The summed E-state index contributed by atoms with van der Waals surface area (Å²) in [6, 6.07) is 24.9. The van der Waals surface area contributed by atoms with Crippen molar-refractivity contribution in [1.82, 2.24) is 19.7 Å². The molecule has 3 aromatic carbocycles. The molecule has 0 aliphatic carbocycles. The third kappa shape index (κ3) is 3.33. The Bertz CT molecular complexity index is 1400. The minimum absolute atomic E-state index is 0.0412. The maximum Gasteiger partial charge on any atom is 0.304 e. The van der Waals surface area contributed by atoms with E-state index >= 15 is 0 Å². The summed E-state index contributed by atoms with van der Waals surface area (Å²) in [4.78, 5) is 19.6. The molecule has 2 heterocycles. The number of nitrogens with one attached hydrogen (secondary N) is 1. The number of rotatable bonds is 4. The van der Waals surface area contributed by atoms with Crippen LogP contribution in [0.3, 0.4) is 0 Å². The molecule has 0 fully saturated rings. The summed E-state index contributed by atoms with van der Waals surface area (Å²) in [5.41, 5.74) is 2.87. The second-order valence-electron chi connectivity index (χ2n) is 6.61. The Balaban J connectivity index is 1.52. The number of hydrogen-bond donors (Lipinski definition) is 1. The highest BCUT2D eigenvalue weighted by atomic mass is 35.5. The third-order valence-corrected chi connectivity index (χ3v) is 4.96. The Morgan fingerprint density at radius 1 is 0.900 bits per heavy atom. The fourth-order valence-corrected chi connectivity index (χ4v) is 3.42. The largest absolute Gasteiger partial charge is 0.424 e. The molecule has 146 valence electrons. The number of aromatic amines is 1. The molecule has 30 heavy (non-hydrogen) atoms. The molecule has 0 unspecified atom stereocenters. The standard InChI is InChI=1S/C23H15ClN4O2/c24-19-13-16(15-7-3-1-4-8-15)11-12-20(19)30-23-26-21-18(22(29)27-23)14-25-28(21)17-9-5-2-6-10-17/h1-14H,(H,26,27,29). The van der Waals surface area contributed by atoms with Crippen LogP contribution in [0, 0.1) is 0 Å². The molecule has 0 radical (unpaired) electrons. The number of fused-ring (bicyclic) bond motifs is 1. The van der Waals surface area contributed by atoms with E-state index in [1.54, 1.807) is 10.7 Å². The van der Waals surface area contributed by atoms with Gasteiger partial charge in [-0.3, -0.25) is 9.78 Å². The molecule has 1 N–H and O–H groups in total. The third-order valence-electron chi connectivity index (χ3n) is 4.66. The quantitative estimate of drug-likeness (QED) is 0.437. The number of nitrogens with zero attached hydrogens (tertiary/aromatic N) is 3. The second kappa shape index (κ2) is 7.50. The molecule has 0 bridgehead atoms. The van der Waals surface area contributed by atoms with Crippen LogP contribution in [0.1, 0.15) is 0 Å². The van der Waals surface area contributed by atoms with Crippen molar-refractivity contribution in [3.63, 3.8) is 0 Å². The van der Waals surface area contributed by atoms with Gasteiger partial charge in [-0.05, 0) is 35.4 Å². The van der Waals surface area contributed by atoms with Gasteiger partial charge in [0.1, 0.15) is 11.1 Å². The first-order valence-electron chi connectivity index (χ1n) is 9.25. The van der Waals surface area contributed by atoms with E-state index in [-0.39, 0.29) is 11.6 Å². The van der Waals surface area contributed by atoms with Gasteiger partial charge in [0, 0.05) is 0 Å². The van der Waals surface area contributed by atoms with E-state index in [0.717, 1.165) is 16.8 Å². The van der Waals surface area contributed by atoms with Gasteiger partial charge < -0.3 is 4.74 Å². The van der Waals surface area contributed by atoms with Crippen LogP contribution in [-0.4, -0.2) is 19.7 Å². The zero-order valence-electron chi connectivity index (χ0n) is 15.6. The summed E-state index contributed by atoms with van der Waals surface area (Å²) in [5, 5.41) is 5.07. The normalized spacial score (nSPS) is 11.0. The molecule has 0 aliphatic heterocycles. The Morgan fingerprint density at radius 3 is 2.37 bits per heavy atom. The number of hydrogen-bond acceptors (Lipinski definition) is 4. The topological polar surface area (TPSA) is 72.8 Å². The van der Waals surface area contributed by atoms with E-state index < -0.39 is 0 Å². The molecule has 0 amide bonds. The van der Waals surface area contributed by atoms with Crippen molar-refractivity contribution in [2.45, 2.75) is 0 Å². The van der Waals surface area contributed by atoms with Crippen molar-refractivity contribution in [2.75, 3.05) is 0 Å². The van der Waals surface area contributed by atoms with E-state index in [4.69, 9.17) is 16.3 Å². The lowest BCUT2D eigenvalue weighted by atomic mass is 10.1. The van der Waals surface area contributed by atoms with Gasteiger partial charge >= 0.3 is 6.01 Å². The lowest BCUT2D eigenvalue weighted by molar-refractivity contribution is 0.442. The van der Waals surface area contributed by atoms with Crippen molar-refractivity contribution in [3.05, 3.63) is 100 Å². The predicted octanol–water partition coefficient (Wildman–Crippen LogP) is 5.22. The van der Waals surface area contributed by atoms with Crippen LogP contribution < -0.4 is 10.3 Å². The van der Waals surface area contributed by atoms with Crippen LogP contribution in [0.5, 0.6) is 11.8 Å². The molecule has 6 nitrogen and oxygen atoms in total. The molecule has 0 saturated heterocycles. The minimum Gasteiger partial charge on any atom is -0.424 e. The van der Waals surface area contributed by atoms with Gasteiger partial charge in [0.05, 0.1) is 16.9 Å². The van der Waals surface area contributed by atoms with E-state index in [9.17, 15) is 4.79 Å². The molecule has 0 atom stereocenters. The molecular weight excluding hydrogens is 400 g/mol.